The van der Waals surface area contributed by atoms with Crippen LogP contribution in [0.15, 0.2) is 24.3 Å². The van der Waals surface area contributed by atoms with Crippen molar-refractivity contribution >= 4 is 11.9 Å². The monoisotopic (exact) mass is 305 g/mol. The average molecular weight is 305 g/mol. The van der Waals surface area contributed by atoms with Crippen LogP contribution in [-0.2, 0) is 14.3 Å². The number of hydrogen-bond donors (Lipinski definition) is 2. The minimum atomic E-state index is -0.924. The molecule has 0 spiro atoms. The Morgan fingerprint density at radius 3 is 2.73 bits per heavy atom. The van der Waals surface area contributed by atoms with E-state index in [1.54, 1.807) is 0 Å². The maximum absolute atomic E-state index is 12.4. The number of para-hydroxylation sites is 1. The number of benzene rings is 1. The lowest BCUT2D eigenvalue weighted by Gasteiger charge is -2.33. The van der Waals surface area contributed by atoms with Crippen LogP contribution in [-0.4, -0.2) is 43.3 Å². The molecule has 0 aromatic heterocycles. The van der Waals surface area contributed by atoms with Gasteiger partial charge in [-0.1, -0.05) is 18.2 Å². The first kappa shape index (κ1) is 14.8. The largest absolute Gasteiger partial charge is 0.492 e. The summed E-state index contributed by atoms with van der Waals surface area (Å²) in [4.78, 5) is 24.0. The number of carboxylic acids is 1. The number of carbonyl (C=O) groups is 2. The molecule has 1 saturated heterocycles. The molecule has 22 heavy (non-hydrogen) atoms. The first-order valence-corrected chi connectivity index (χ1v) is 7.43. The third kappa shape index (κ3) is 2.66. The number of rotatable bonds is 4. The number of aliphatic carboxylic acids is 1. The quantitative estimate of drug-likeness (QED) is 0.872. The van der Waals surface area contributed by atoms with Gasteiger partial charge in [0, 0.05) is 25.3 Å². The molecule has 2 aliphatic rings. The van der Waals surface area contributed by atoms with E-state index in [2.05, 4.69) is 5.32 Å². The Morgan fingerprint density at radius 1 is 1.27 bits per heavy atom. The van der Waals surface area contributed by atoms with Gasteiger partial charge in [0.1, 0.15) is 18.3 Å². The molecule has 6 nitrogen and oxygen atoms in total. The Bertz CT molecular complexity index is 580. The Labute approximate surface area is 128 Å². The number of fused-ring (bicyclic) bond motifs is 1. The van der Waals surface area contributed by atoms with Crippen LogP contribution in [0.5, 0.6) is 5.75 Å². The van der Waals surface area contributed by atoms with Gasteiger partial charge >= 0.3 is 5.97 Å². The van der Waals surface area contributed by atoms with Crippen molar-refractivity contribution in [3.05, 3.63) is 29.8 Å². The van der Waals surface area contributed by atoms with E-state index in [1.807, 2.05) is 24.3 Å². The van der Waals surface area contributed by atoms with Crippen LogP contribution in [0.2, 0.25) is 0 Å². The fraction of sp³-hybridized carbons (Fsp3) is 0.500. The molecule has 1 unspecified atom stereocenters. The number of ether oxygens (including phenoxy) is 2. The Kier molecular flexibility index (Phi) is 4.02. The van der Waals surface area contributed by atoms with E-state index in [1.165, 1.54) is 0 Å². The van der Waals surface area contributed by atoms with E-state index in [-0.39, 0.29) is 18.4 Å². The van der Waals surface area contributed by atoms with Crippen LogP contribution in [0.25, 0.3) is 0 Å². The minimum Gasteiger partial charge on any atom is -0.492 e. The van der Waals surface area contributed by atoms with Gasteiger partial charge in [-0.3, -0.25) is 9.59 Å². The first-order valence-electron chi connectivity index (χ1n) is 7.43. The lowest BCUT2D eigenvalue weighted by molar-refractivity contribution is -0.154. The zero-order valence-corrected chi connectivity index (χ0v) is 12.2. The van der Waals surface area contributed by atoms with E-state index in [0.29, 0.717) is 32.7 Å². The van der Waals surface area contributed by atoms with Gasteiger partial charge < -0.3 is 19.9 Å². The molecule has 0 saturated carbocycles. The Morgan fingerprint density at radius 2 is 2.00 bits per heavy atom. The Balaban J connectivity index is 1.66. The average Bonchev–Trinajstić information content (AvgIpc) is 2.97. The van der Waals surface area contributed by atoms with Gasteiger partial charge in [0.05, 0.1) is 5.41 Å². The van der Waals surface area contributed by atoms with Gasteiger partial charge in [0.15, 0.2) is 0 Å². The molecule has 1 aromatic rings. The van der Waals surface area contributed by atoms with Gasteiger partial charge in [-0.05, 0) is 18.9 Å². The third-order valence-electron chi connectivity index (χ3n) is 4.52. The van der Waals surface area contributed by atoms with Crippen molar-refractivity contribution in [2.45, 2.75) is 18.8 Å². The summed E-state index contributed by atoms with van der Waals surface area (Å²) in [6, 6.07) is 7.43. The molecule has 0 bridgehead atoms. The topological polar surface area (TPSA) is 84.9 Å². The summed E-state index contributed by atoms with van der Waals surface area (Å²) in [7, 11) is 0. The van der Waals surface area contributed by atoms with Crippen LogP contribution in [0.4, 0.5) is 0 Å². The third-order valence-corrected chi connectivity index (χ3v) is 4.52. The molecular weight excluding hydrogens is 286 g/mol. The van der Waals surface area contributed by atoms with Crippen molar-refractivity contribution < 1.29 is 24.2 Å². The predicted octanol–water partition coefficient (Wildman–Crippen LogP) is 1.16. The second-order valence-electron chi connectivity index (χ2n) is 5.82. The van der Waals surface area contributed by atoms with Crippen molar-refractivity contribution in [2.75, 3.05) is 26.4 Å². The molecule has 2 aliphatic heterocycles. The van der Waals surface area contributed by atoms with Crippen molar-refractivity contribution in [2.24, 2.45) is 5.41 Å². The minimum absolute atomic E-state index is 0.128. The first-order chi connectivity index (χ1) is 10.6. The van der Waals surface area contributed by atoms with E-state index in [4.69, 9.17) is 9.47 Å². The normalized spacial score (nSPS) is 22.5. The highest BCUT2D eigenvalue weighted by Gasteiger charge is 2.41. The summed E-state index contributed by atoms with van der Waals surface area (Å²) >= 11 is 0. The maximum Gasteiger partial charge on any atom is 0.311 e. The summed E-state index contributed by atoms with van der Waals surface area (Å²) in [5.74, 6) is -0.709. The molecule has 118 valence electrons. The number of amides is 1. The molecule has 1 fully saturated rings. The molecule has 0 radical (unpaired) electrons. The number of nitrogens with one attached hydrogen (secondary N) is 1. The molecule has 1 atom stereocenters. The summed E-state index contributed by atoms with van der Waals surface area (Å²) in [5, 5.41) is 12.3. The lowest BCUT2D eigenvalue weighted by atomic mass is 9.80. The van der Waals surface area contributed by atoms with Gasteiger partial charge in [-0.25, -0.2) is 0 Å². The van der Waals surface area contributed by atoms with Gasteiger partial charge in [-0.2, -0.15) is 0 Å². The lowest BCUT2D eigenvalue weighted by Crippen LogP contribution is -2.47. The van der Waals surface area contributed by atoms with Crippen molar-refractivity contribution in [1.29, 1.82) is 0 Å². The summed E-state index contributed by atoms with van der Waals surface area (Å²) in [6.07, 6.45) is 0.834. The Hall–Kier alpha value is -2.08. The standard InChI is InChI=1S/C16H19NO5/c18-14(12-9-22-13-4-2-1-3-11(12)13)17-10-16(15(19)20)5-7-21-8-6-16/h1-4,12H,5-10H2,(H,17,18)(H,19,20). The molecule has 1 aromatic carbocycles. The summed E-state index contributed by atoms with van der Waals surface area (Å²) in [5.41, 5.74) is -0.0660. The highest BCUT2D eigenvalue weighted by atomic mass is 16.5. The zero-order valence-electron chi connectivity index (χ0n) is 12.2. The van der Waals surface area contributed by atoms with Crippen molar-refractivity contribution in [3.8, 4) is 5.75 Å². The summed E-state index contributed by atoms with van der Waals surface area (Å²) in [6.45, 7) is 1.26. The zero-order chi connectivity index (χ0) is 15.6. The molecule has 3 rings (SSSR count). The van der Waals surface area contributed by atoms with Gasteiger partial charge in [0.2, 0.25) is 5.91 Å². The number of carbonyl (C=O) groups excluding carboxylic acids is 1. The fourth-order valence-electron chi connectivity index (χ4n) is 2.99. The SMILES string of the molecule is O=C(NCC1(C(=O)O)CCOCC1)C1COc2ccccc21. The second kappa shape index (κ2) is 5.96. The van der Waals surface area contributed by atoms with Gasteiger partial charge in [0.25, 0.3) is 0 Å². The number of carboxylic acid groups (broad SMARTS) is 1. The molecule has 0 aliphatic carbocycles. The van der Waals surface area contributed by atoms with E-state index in [0.717, 1.165) is 11.3 Å². The molecular formula is C16H19NO5. The van der Waals surface area contributed by atoms with E-state index < -0.39 is 11.4 Å². The van der Waals surface area contributed by atoms with E-state index in [9.17, 15) is 14.7 Å². The smallest absolute Gasteiger partial charge is 0.311 e. The van der Waals surface area contributed by atoms with Crippen LogP contribution in [0.1, 0.15) is 24.3 Å². The fourth-order valence-corrected chi connectivity index (χ4v) is 2.99. The van der Waals surface area contributed by atoms with E-state index >= 15 is 0 Å². The van der Waals surface area contributed by atoms with Crippen LogP contribution in [0, 0.1) is 5.41 Å². The highest BCUT2D eigenvalue weighted by Crippen LogP contribution is 2.34. The second-order valence-corrected chi connectivity index (χ2v) is 5.82. The van der Waals surface area contributed by atoms with Crippen molar-refractivity contribution in [1.82, 2.24) is 5.32 Å². The molecule has 1 amide bonds. The summed E-state index contributed by atoms with van der Waals surface area (Å²) < 4.78 is 10.7. The molecule has 2 heterocycles. The van der Waals surface area contributed by atoms with Crippen molar-refractivity contribution in [3.63, 3.8) is 0 Å². The van der Waals surface area contributed by atoms with Crippen LogP contribution >= 0.6 is 0 Å². The van der Waals surface area contributed by atoms with Crippen LogP contribution in [0.3, 0.4) is 0 Å². The molecule has 2 N–H and O–H groups in total. The van der Waals surface area contributed by atoms with Gasteiger partial charge in [-0.15, -0.1) is 0 Å². The molecule has 6 heteroatoms. The van der Waals surface area contributed by atoms with Crippen LogP contribution < -0.4 is 10.1 Å². The predicted molar refractivity (Wildman–Crippen MR) is 77.8 cm³/mol. The maximum atomic E-state index is 12.4. The highest BCUT2D eigenvalue weighted by molar-refractivity contribution is 5.86. The number of hydrogen-bond acceptors (Lipinski definition) is 4.